The number of aliphatic hydroxyl groups excluding tert-OH is 1. The van der Waals surface area contributed by atoms with Crippen molar-refractivity contribution in [1.82, 2.24) is 15.1 Å². The standard InChI is InChI=1S/C16H21Cl2N3O/c1-10(13-4-5-15(17)16(18)8-13)19-9-14-11(2)20-21(6-7-22)12(14)3/h4-5,8,10,19,22H,6-7,9H2,1-3H3. The topological polar surface area (TPSA) is 50.1 Å². The van der Waals surface area contributed by atoms with Gasteiger partial charge in [0.2, 0.25) is 0 Å². The summed E-state index contributed by atoms with van der Waals surface area (Å²) < 4.78 is 1.84. The lowest BCUT2D eigenvalue weighted by atomic mass is 10.1. The molecule has 0 bridgehead atoms. The van der Waals surface area contributed by atoms with Gasteiger partial charge in [0.15, 0.2) is 0 Å². The van der Waals surface area contributed by atoms with E-state index in [4.69, 9.17) is 28.3 Å². The zero-order valence-corrected chi connectivity index (χ0v) is 14.5. The highest BCUT2D eigenvalue weighted by atomic mass is 35.5. The Morgan fingerprint density at radius 3 is 2.64 bits per heavy atom. The van der Waals surface area contributed by atoms with Gasteiger partial charge >= 0.3 is 0 Å². The second kappa shape index (κ2) is 7.47. The second-order valence-corrected chi connectivity index (χ2v) is 6.19. The third kappa shape index (κ3) is 3.82. The summed E-state index contributed by atoms with van der Waals surface area (Å²) in [7, 11) is 0. The highest BCUT2D eigenvalue weighted by Crippen LogP contribution is 2.26. The Balaban J connectivity index is 2.07. The smallest absolute Gasteiger partial charge is 0.0644 e. The summed E-state index contributed by atoms with van der Waals surface area (Å²) in [6, 6.07) is 5.82. The van der Waals surface area contributed by atoms with Gasteiger partial charge in [0.05, 0.1) is 28.9 Å². The Morgan fingerprint density at radius 2 is 2.00 bits per heavy atom. The minimum absolute atomic E-state index is 0.0918. The van der Waals surface area contributed by atoms with Gasteiger partial charge in [-0.3, -0.25) is 4.68 Å². The van der Waals surface area contributed by atoms with Crippen molar-refractivity contribution in [2.24, 2.45) is 0 Å². The van der Waals surface area contributed by atoms with Crippen molar-refractivity contribution in [2.45, 2.75) is 39.9 Å². The number of benzene rings is 1. The zero-order valence-electron chi connectivity index (χ0n) is 13.0. The average Bonchev–Trinajstić information content (AvgIpc) is 2.74. The molecule has 0 amide bonds. The van der Waals surface area contributed by atoms with E-state index >= 15 is 0 Å². The van der Waals surface area contributed by atoms with Gasteiger partial charge in [-0.05, 0) is 38.5 Å². The SMILES string of the molecule is Cc1nn(CCO)c(C)c1CNC(C)c1ccc(Cl)c(Cl)c1. The van der Waals surface area contributed by atoms with Crippen LogP contribution < -0.4 is 5.32 Å². The molecule has 6 heteroatoms. The summed E-state index contributed by atoms with van der Waals surface area (Å²) in [6.45, 7) is 7.43. The summed E-state index contributed by atoms with van der Waals surface area (Å²) in [4.78, 5) is 0. The molecule has 1 aromatic heterocycles. The molecule has 1 atom stereocenters. The maximum Gasteiger partial charge on any atom is 0.0644 e. The fraction of sp³-hybridized carbons (Fsp3) is 0.438. The van der Waals surface area contributed by atoms with E-state index in [1.54, 1.807) is 0 Å². The highest BCUT2D eigenvalue weighted by molar-refractivity contribution is 6.42. The second-order valence-electron chi connectivity index (χ2n) is 5.37. The van der Waals surface area contributed by atoms with Crippen molar-refractivity contribution in [2.75, 3.05) is 6.61 Å². The first kappa shape index (κ1) is 17.3. The molecule has 1 aromatic carbocycles. The summed E-state index contributed by atoms with van der Waals surface area (Å²) in [6.07, 6.45) is 0. The van der Waals surface area contributed by atoms with Crippen LogP contribution in [0.1, 0.15) is 35.5 Å². The Bertz CT molecular complexity index is 655. The monoisotopic (exact) mass is 341 g/mol. The van der Waals surface area contributed by atoms with Crippen LogP contribution in [0.15, 0.2) is 18.2 Å². The number of hydrogen-bond donors (Lipinski definition) is 2. The molecule has 0 radical (unpaired) electrons. The van der Waals surface area contributed by atoms with Gasteiger partial charge in [-0.25, -0.2) is 0 Å². The fourth-order valence-electron chi connectivity index (χ4n) is 2.46. The minimum atomic E-state index is 0.0918. The van der Waals surface area contributed by atoms with Crippen molar-refractivity contribution in [3.63, 3.8) is 0 Å². The first-order chi connectivity index (χ1) is 10.4. The molecule has 2 rings (SSSR count). The molecule has 0 fully saturated rings. The Kier molecular flexibility index (Phi) is 5.87. The van der Waals surface area contributed by atoms with Gasteiger partial charge in [0.25, 0.3) is 0 Å². The third-order valence-corrected chi connectivity index (χ3v) is 4.61. The zero-order chi connectivity index (χ0) is 16.3. The van der Waals surface area contributed by atoms with E-state index in [9.17, 15) is 0 Å². The molecule has 2 aromatic rings. The van der Waals surface area contributed by atoms with Crippen LogP contribution in [-0.2, 0) is 13.1 Å². The van der Waals surface area contributed by atoms with Gasteiger partial charge in [-0.1, -0.05) is 29.3 Å². The number of aromatic nitrogens is 2. The normalized spacial score (nSPS) is 12.6. The minimum Gasteiger partial charge on any atom is -0.394 e. The lowest BCUT2D eigenvalue weighted by Gasteiger charge is -2.15. The molecule has 1 unspecified atom stereocenters. The van der Waals surface area contributed by atoms with Crippen LogP contribution in [0.2, 0.25) is 10.0 Å². The van der Waals surface area contributed by atoms with Crippen molar-refractivity contribution in [1.29, 1.82) is 0 Å². The maximum absolute atomic E-state index is 9.06. The first-order valence-electron chi connectivity index (χ1n) is 7.26. The van der Waals surface area contributed by atoms with Crippen LogP contribution in [0.3, 0.4) is 0 Å². The lowest BCUT2D eigenvalue weighted by Crippen LogP contribution is -2.19. The Morgan fingerprint density at radius 1 is 1.27 bits per heavy atom. The Hall–Kier alpha value is -1.07. The van der Waals surface area contributed by atoms with Crippen molar-refractivity contribution in [3.05, 3.63) is 50.8 Å². The summed E-state index contributed by atoms with van der Waals surface area (Å²) >= 11 is 12.0. The number of halogens is 2. The molecule has 0 spiro atoms. The van der Waals surface area contributed by atoms with Gasteiger partial charge in [0, 0.05) is 23.8 Å². The van der Waals surface area contributed by atoms with Gasteiger partial charge in [0.1, 0.15) is 0 Å². The summed E-state index contributed by atoms with van der Waals surface area (Å²) in [5, 5.41) is 18.1. The molecular weight excluding hydrogens is 321 g/mol. The van der Waals surface area contributed by atoms with E-state index in [1.165, 1.54) is 5.56 Å². The van der Waals surface area contributed by atoms with E-state index in [-0.39, 0.29) is 12.6 Å². The molecule has 1 heterocycles. The summed E-state index contributed by atoms with van der Waals surface area (Å²) in [5.41, 5.74) is 4.33. The average molecular weight is 342 g/mol. The van der Waals surface area contributed by atoms with Crippen LogP contribution in [0.4, 0.5) is 0 Å². The molecule has 0 saturated carbocycles. The number of nitrogens with one attached hydrogen (secondary N) is 1. The third-order valence-electron chi connectivity index (χ3n) is 3.87. The number of rotatable bonds is 6. The molecule has 0 saturated heterocycles. The van der Waals surface area contributed by atoms with Gasteiger partial charge in [-0.2, -0.15) is 5.10 Å². The van der Waals surface area contributed by atoms with Crippen LogP contribution in [0, 0.1) is 13.8 Å². The number of hydrogen-bond acceptors (Lipinski definition) is 3. The quantitative estimate of drug-likeness (QED) is 0.843. The number of aliphatic hydroxyl groups is 1. The van der Waals surface area contributed by atoms with Crippen molar-refractivity contribution >= 4 is 23.2 Å². The van der Waals surface area contributed by atoms with E-state index < -0.39 is 0 Å². The highest BCUT2D eigenvalue weighted by Gasteiger charge is 2.13. The van der Waals surface area contributed by atoms with Crippen LogP contribution in [0.25, 0.3) is 0 Å². The van der Waals surface area contributed by atoms with Crippen LogP contribution in [-0.4, -0.2) is 21.5 Å². The molecule has 0 aliphatic rings. The molecule has 4 nitrogen and oxygen atoms in total. The predicted octanol–water partition coefficient (Wildman–Crippen LogP) is 3.65. The lowest BCUT2D eigenvalue weighted by molar-refractivity contribution is 0.267. The molecule has 0 aliphatic carbocycles. The van der Waals surface area contributed by atoms with Gasteiger partial charge < -0.3 is 10.4 Å². The molecule has 120 valence electrons. The maximum atomic E-state index is 9.06. The van der Waals surface area contributed by atoms with E-state index in [1.807, 2.05) is 36.7 Å². The molecule has 2 N–H and O–H groups in total. The van der Waals surface area contributed by atoms with E-state index in [0.29, 0.717) is 23.1 Å². The van der Waals surface area contributed by atoms with Gasteiger partial charge in [-0.15, -0.1) is 0 Å². The van der Waals surface area contributed by atoms with E-state index in [2.05, 4.69) is 17.3 Å². The summed E-state index contributed by atoms with van der Waals surface area (Å²) in [5.74, 6) is 0. The van der Waals surface area contributed by atoms with Crippen LogP contribution in [0.5, 0.6) is 0 Å². The molecule has 22 heavy (non-hydrogen) atoms. The molecular formula is C16H21Cl2N3O. The molecule has 0 aliphatic heterocycles. The Labute approximate surface area is 141 Å². The van der Waals surface area contributed by atoms with E-state index in [0.717, 1.165) is 17.0 Å². The van der Waals surface area contributed by atoms with Crippen molar-refractivity contribution in [3.8, 4) is 0 Å². The van der Waals surface area contributed by atoms with Crippen LogP contribution >= 0.6 is 23.2 Å². The number of aryl methyl sites for hydroxylation is 1. The first-order valence-corrected chi connectivity index (χ1v) is 8.01. The predicted molar refractivity (Wildman–Crippen MR) is 90.5 cm³/mol. The fourth-order valence-corrected chi connectivity index (χ4v) is 2.76. The van der Waals surface area contributed by atoms with Crippen molar-refractivity contribution < 1.29 is 5.11 Å². The largest absolute Gasteiger partial charge is 0.394 e. The number of nitrogens with zero attached hydrogens (tertiary/aromatic N) is 2.